The van der Waals surface area contributed by atoms with Crippen LogP contribution in [0.3, 0.4) is 0 Å². The molecule has 0 aromatic rings. The molecule has 1 aliphatic rings. The minimum absolute atomic E-state index is 0. The lowest BCUT2D eigenvalue weighted by Gasteiger charge is -2.18. The van der Waals surface area contributed by atoms with Crippen molar-refractivity contribution >= 4 is 22.8 Å². The topological polar surface area (TPSA) is 35.8 Å². The molecule has 1 aliphatic heterocycles. The maximum Gasteiger partial charge on any atom is 0.0991 e. The molecule has 1 heterocycles. The van der Waals surface area contributed by atoms with E-state index in [0.29, 0.717) is 0 Å². The lowest BCUT2D eigenvalue weighted by molar-refractivity contribution is 0.255. The first kappa shape index (κ1) is 22.9. The van der Waals surface area contributed by atoms with Crippen molar-refractivity contribution in [2.45, 2.75) is 90.4 Å². The van der Waals surface area contributed by atoms with Gasteiger partial charge < -0.3 is 10.0 Å². The van der Waals surface area contributed by atoms with E-state index >= 15 is 0 Å². The van der Waals surface area contributed by atoms with Crippen LogP contribution in [0.25, 0.3) is 0 Å². The molecule has 1 rings (SSSR count). The maximum atomic E-state index is 9.02. The third-order valence-electron chi connectivity index (χ3n) is 4.65. The summed E-state index contributed by atoms with van der Waals surface area (Å²) in [4.78, 5) is 6.80. The van der Waals surface area contributed by atoms with Gasteiger partial charge in [-0.2, -0.15) is 0 Å². The summed E-state index contributed by atoms with van der Waals surface area (Å²) >= 11 is 0. The number of aliphatic hydroxyl groups excluding tert-OH is 1. The quantitative estimate of drug-likeness (QED) is 0.381. The van der Waals surface area contributed by atoms with Gasteiger partial charge in [-0.1, -0.05) is 77.6 Å². The summed E-state index contributed by atoms with van der Waals surface area (Å²) in [6.45, 7) is 5.22. The van der Waals surface area contributed by atoms with Crippen LogP contribution >= 0.6 is 17.0 Å². The number of hydrogen-bond donors (Lipinski definition) is 1. The second kappa shape index (κ2) is 16.8. The third kappa shape index (κ3) is 12.0. The average Bonchev–Trinajstić information content (AvgIpc) is 2.96. The van der Waals surface area contributed by atoms with Crippen molar-refractivity contribution in [3.8, 4) is 0 Å². The van der Waals surface area contributed by atoms with Crippen LogP contribution in [0.5, 0.6) is 0 Å². The van der Waals surface area contributed by atoms with Gasteiger partial charge >= 0.3 is 0 Å². The predicted molar refractivity (Wildman–Crippen MR) is 107 cm³/mol. The van der Waals surface area contributed by atoms with E-state index in [0.717, 1.165) is 26.1 Å². The fourth-order valence-corrected chi connectivity index (χ4v) is 3.25. The molecule has 0 atom stereocenters. The van der Waals surface area contributed by atoms with Crippen molar-refractivity contribution in [2.24, 2.45) is 4.99 Å². The number of unbranched alkanes of at least 4 members (excludes halogenated alkanes) is 11. The first-order chi connectivity index (χ1) is 10.9. The molecule has 0 aromatic heterocycles. The van der Waals surface area contributed by atoms with Crippen molar-refractivity contribution < 1.29 is 5.11 Å². The third-order valence-corrected chi connectivity index (χ3v) is 4.65. The molecule has 4 heteroatoms. The molecular weight excluding hydrogens is 352 g/mol. The summed E-state index contributed by atoms with van der Waals surface area (Å²) in [6.07, 6.45) is 17.9. The smallest absolute Gasteiger partial charge is 0.0991 e. The van der Waals surface area contributed by atoms with Crippen LogP contribution in [0.4, 0.5) is 0 Å². The molecule has 0 saturated carbocycles. The molecule has 0 aromatic carbocycles. The van der Waals surface area contributed by atoms with Gasteiger partial charge in [-0.05, 0) is 6.42 Å². The summed E-state index contributed by atoms with van der Waals surface area (Å²) in [6, 6.07) is 0. The van der Waals surface area contributed by atoms with Crippen LogP contribution in [-0.4, -0.2) is 42.1 Å². The van der Waals surface area contributed by atoms with E-state index in [-0.39, 0.29) is 23.6 Å². The molecule has 0 unspecified atom stereocenters. The molecule has 23 heavy (non-hydrogen) atoms. The van der Waals surface area contributed by atoms with Crippen molar-refractivity contribution in [1.29, 1.82) is 0 Å². The SMILES string of the molecule is Br.CCCCCCCCCCCCCCC1=NCCN1CCO. The molecule has 0 fully saturated rings. The largest absolute Gasteiger partial charge is 0.395 e. The van der Waals surface area contributed by atoms with Crippen molar-refractivity contribution in [3.05, 3.63) is 0 Å². The Morgan fingerprint density at radius 3 is 1.91 bits per heavy atom. The van der Waals surface area contributed by atoms with E-state index in [1.165, 1.54) is 82.9 Å². The van der Waals surface area contributed by atoms with E-state index in [1.807, 2.05) is 0 Å². The Labute approximate surface area is 154 Å². The van der Waals surface area contributed by atoms with Gasteiger partial charge in [0.1, 0.15) is 0 Å². The van der Waals surface area contributed by atoms with Gasteiger partial charge in [-0.15, -0.1) is 17.0 Å². The van der Waals surface area contributed by atoms with Crippen LogP contribution in [0.15, 0.2) is 4.99 Å². The van der Waals surface area contributed by atoms with Gasteiger partial charge in [0.25, 0.3) is 0 Å². The van der Waals surface area contributed by atoms with Gasteiger partial charge in [-0.3, -0.25) is 4.99 Å². The normalized spacial score (nSPS) is 14.0. The van der Waals surface area contributed by atoms with Crippen LogP contribution in [0.2, 0.25) is 0 Å². The first-order valence-corrected chi connectivity index (χ1v) is 9.77. The first-order valence-electron chi connectivity index (χ1n) is 9.77. The number of nitrogens with zero attached hydrogens (tertiary/aromatic N) is 2. The van der Waals surface area contributed by atoms with Crippen molar-refractivity contribution in [1.82, 2.24) is 4.90 Å². The molecule has 0 radical (unpaired) electrons. The number of amidine groups is 1. The van der Waals surface area contributed by atoms with Crippen molar-refractivity contribution in [2.75, 3.05) is 26.2 Å². The van der Waals surface area contributed by atoms with Gasteiger partial charge in [0.15, 0.2) is 0 Å². The Bertz CT molecular complexity index is 285. The highest BCUT2D eigenvalue weighted by Crippen LogP contribution is 2.14. The maximum absolute atomic E-state index is 9.02. The van der Waals surface area contributed by atoms with Crippen LogP contribution in [0.1, 0.15) is 90.4 Å². The van der Waals surface area contributed by atoms with E-state index in [4.69, 9.17) is 5.11 Å². The Morgan fingerprint density at radius 1 is 0.870 bits per heavy atom. The summed E-state index contributed by atoms with van der Waals surface area (Å²) in [7, 11) is 0. The molecule has 3 nitrogen and oxygen atoms in total. The van der Waals surface area contributed by atoms with Gasteiger partial charge in [0, 0.05) is 19.5 Å². The molecule has 0 bridgehead atoms. The Kier molecular flexibility index (Phi) is 16.7. The lowest BCUT2D eigenvalue weighted by Crippen LogP contribution is -2.30. The average molecular weight is 391 g/mol. The van der Waals surface area contributed by atoms with Gasteiger partial charge in [-0.25, -0.2) is 0 Å². The second-order valence-electron chi connectivity index (χ2n) is 6.65. The number of aliphatic imine (C=N–C) groups is 1. The van der Waals surface area contributed by atoms with Crippen LogP contribution in [0, 0.1) is 0 Å². The molecule has 0 saturated heterocycles. The van der Waals surface area contributed by atoms with Crippen molar-refractivity contribution in [3.63, 3.8) is 0 Å². The number of β-amino-alcohol motifs (C(OH)–C–C–N with tert-alkyl or cyclic N) is 1. The number of hydrogen-bond acceptors (Lipinski definition) is 3. The number of halogens is 1. The van der Waals surface area contributed by atoms with Crippen LogP contribution < -0.4 is 0 Å². The zero-order chi connectivity index (χ0) is 15.9. The van der Waals surface area contributed by atoms with Gasteiger partial charge in [0.05, 0.1) is 19.0 Å². The number of aliphatic hydroxyl groups is 1. The zero-order valence-corrected chi connectivity index (χ0v) is 17.0. The monoisotopic (exact) mass is 390 g/mol. The zero-order valence-electron chi connectivity index (χ0n) is 15.3. The summed E-state index contributed by atoms with van der Waals surface area (Å²) in [5.74, 6) is 1.24. The Balaban J connectivity index is 0.00000484. The standard InChI is InChI=1S/C19H38N2O.BrH/c1-2-3-4-5-6-7-8-9-10-11-12-13-14-19-20-15-16-21(19)17-18-22;/h22H,2-18H2,1H3;1H. The highest BCUT2D eigenvalue weighted by molar-refractivity contribution is 8.93. The number of rotatable bonds is 15. The van der Waals surface area contributed by atoms with Crippen LogP contribution in [-0.2, 0) is 0 Å². The Morgan fingerprint density at radius 2 is 1.39 bits per heavy atom. The molecular formula is C19H39BrN2O. The highest BCUT2D eigenvalue weighted by Gasteiger charge is 2.14. The Hall–Kier alpha value is -0.0900. The van der Waals surface area contributed by atoms with E-state index in [9.17, 15) is 0 Å². The predicted octanol–water partition coefficient (Wildman–Crippen LogP) is 5.36. The summed E-state index contributed by atoms with van der Waals surface area (Å²) in [5.41, 5.74) is 0. The molecule has 0 amide bonds. The fourth-order valence-electron chi connectivity index (χ4n) is 3.25. The molecule has 1 N–H and O–H groups in total. The minimum Gasteiger partial charge on any atom is -0.395 e. The minimum atomic E-state index is 0. The fraction of sp³-hybridized carbons (Fsp3) is 0.947. The summed E-state index contributed by atoms with van der Waals surface area (Å²) in [5, 5.41) is 9.02. The van der Waals surface area contributed by atoms with E-state index in [1.54, 1.807) is 0 Å². The highest BCUT2D eigenvalue weighted by atomic mass is 79.9. The molecule has 0 spiro atoms. The molecule has 138 valence electrons. The van der Waals surface area contributed by atoms with E-state index < -0.39 is 0 Å². The van der Waals surface area contributed by atoms with Gasteiger partial charge in [0.2, 0.25) is 0 Å². The summed E-state index contributed by atoms with van der Waals surface area (Å²) < 4.78 is 0. The lowest BCUT2D eigenvalue weighted by atomic mass is 10.0. The molecule has 0 aliphatic carbocycles. The van der Waals surface area contributed by atoms with E-state index in [2.05, 4.69) is 16.8 Å². The second-order valence-corrected chi connectivity index (χ2v) is 6.65.